The quantitative estimate of drug-likeness (QED) is 0.778. The van der Waals surface area contributed by atoms with Gasteiger partial charge in [0.15, 0.2) is 5.78 Å². The largest absolute Gasteiger partial charge is 0.506 e. The fourth-order valence-corrected chi connectivity index (χ4v) is 1.23. The van der Waals surface area contributed by atoms with Crippen molar-refractivity contribution in [3.8, 4) is 5.75 Å². The second kappa shape index (κ2) is 3.92. The number of alkyl halides is 2. The van der Waals surface area contributed by atoms with Crippen LogP contribution in [0, 0.1) is 0 Å². The van der Waals surface area contributed by atoms with Gasteiger partial charge in [0.25, 0.3) is 6.43 Å². The van der Waals surface area contributed by atoms with Crippen LogP contribution in [0.25, 0.3) is 0 Å². The van der Waals surface area contributed by atoms with Crippen LogP contribution in [0.3, 0.4) is 0 Å². The Labute approximate surface area is 84.1 Å². The highest BCUT2D eigenvalue weighted by Crippen LogP contribution is 2.32. The highest BCUT2D eigenvalue weighted by atomic mass is 35.5. The standard InChI is InChI=1S/C9H7ClF2O2/c1-4(13)5-2-7(10)8(14)3-6(5)9(11)12/h2-3,9,14H,1H3. The molecule has 0 aromatic heterocycles. The van der Waals surface area contributed by atoms with Crippen molar-refractivity contribution in [2.45, 2.75) is 13.3 Å². The summed E-state index contributed by atoms with van der Waals surface area (Å²) in [5.41, 5.74) is -0.665. The summed E-state index contributed by atoms with van der Waals surface area (Å²) >= 11 is 5.49. The first-order chi connectivity index (χ1) is 6.43. The van der Waals surface area contributed by atoms with E-state index in [2.05, 4.69) is 0 Å². The number of carbonyl (C=O) groups excluding carboxylic acids is 1. The number of phenols is 1. The van der Waals surface area contributed by atoms with Crippen molar-refractivity contribution < 1.29 is 18.7 Å². The van der Waals surface area contributed by atoms with Crippen molar-refractivity contribution >= 4 is 17.4 Å². The first kappa shape index (κ1) is 10.9. The molecule has 0 aliphatic carbocycles. The van der Waals surface area contributed by atoms with E-state index in [9.17, 15) is 13.6 Å². The summed E-state index contributed by atoms with van der Waals surface area (Å²) in [5.74, 6) is -0.964. The molecule has 0 amide bonds. The first-order valence-electron chi connectivity index (χ1n) is 3.75. The molecule has 1 aromatic rings. The predicted molar refractivity (Wildman–Crippen MR) is 48.1 cm³/mol. The zero-order valence-electron chi connectivity index (χ0n) is 7.22. The highest BCUT2D eigenvalue weighted by molar-refractivity contribution is 6.32. The van der Waals surface area contributed by atoms with Gasteiger partial charge in [0, 0.05) is 11.1 Å². The zero-order valence-corrected chi connectivity index (χ0v) is 7.98. The number of benzene rings is 1. The summed E-state index contributed by atoms with van der Waals surface area (Å²) in [7, 11) is 0. The summed E-state index contributed by atoms with van der Waals surface area (Å²) in [6, 6.07) is 1.85. The molecule has 1 rings (SSSR count). The molecular formula is C9H7ClF2O2. The van der Waals surface area contributed by atoms with Gasteiger partial charge < -0.3 is 5.11 Å². The van der Waals surface area contributed by atoms with E-state index in [-0.39, 0.29) is 10.6 Å². The molecule has 0 aliphatic rings. The Morgan fingerprint density at radius 3 is 2.50 bits per heavy atom. The smallest absolute Gasteiger partial charge is 0.264 e. The molecule has 0 aliphatic heterocycles. The molecule has 0 unspecified atom stereocenters. The van der Waals surface area contributed by atoms with Crippen molar-refractivity contribution in [1.82, 2.24) is 0 Å². The SMILES string of the molecule is CC(=O)c1cc(Cl)c(O)cc1C(F)F. The van der Waals surface area contributed by atoms with Crippen LogP contribution in [-0.4, -0.2) is 10.9 Å². The zero-order chi connectivity index (χ0) is 10.9. The number of carbonyl (C=O) groups is 1. The molecule has 0 fully saturated rings. The number of halogens is 3. The molecule has 0 atom stereocenters. The molecule has 0 heterocycles. The Kier molecular flexibility index (Phi) is 3.06. The fraction of sp³-hybridized carbons (Fsp3) is 0.222. The van der Waals surface area contributed by atoms with Gasteiger partial charge in [-0.2, -0.15) is 0 Å². The van der Waals surface area contributed by atoms with Crippen LogP contribution in [0.4, 0.5) is 8.78 Å². The van der Waals surface area contributed by atoms with Crippen molar-refractivity contribution in [2.24, 2.45) is 0 Å². The molecular weight excluding hydrogens is 214 g/mol. The van der Waals surface area contributed by atoms with Gasteiger partial charge >= 0.3 is 0 Å². The normalized spacial score (nSPS) is 10.6. The van der Waals surface area contributed by atoms with Crippen molar-refractivity contribution in [3.63, 3.8) is 0 Å². The van der Waals surface area contributed by atoms with E-state index < -0.39 is 23.5 Å². The van der Waals surface area contributed by atoms with E-state index in [4.69, 9.17) is 16.7 Å². The van der Waals surface area contributed by atoms with Crippen LogP contribution in [0.1, 0.15) is 29.3 Å². The lowest BCUT2D eigenvalue weighted by molar-refractivity contribution is 0.0999. The molecule has 0 spiro atoms. The van der Waals surface area contributed by atoms with Gasteiger partial charge in [-0.1, -0.05) is 11.6 Å². The number of Topliss-reactive ketones (excluding diaryl/α,β-unsaturated/α-hetero) is 1. The Balaban J connectivity index is 3.39. The molecule has 2 nitrogen and oxygen atoms in total. The number of phenolic OH excluding ortho intramolecular Hbond substituents is 1. The maximum Gasteiger partial charge on any atom is 0.264 e. The molecule has 0 saturated carbocycles. The number of hydrogen-bond acceptors (Lipinski definition) is 2. The minimum atomic E-state index is -2.81. The Hall–Kier alpha value is -1.16. The van der Waals surface area contributed by atoms with Crippen LogP contribution in [0.15, 0.2) is 12.1 Å². The van der Waals surface area contributed by atoms with Crippen molar-refractivity contribution in [2.75, 3.05) is 0 Å². The maximum absolute atomic E-state index is 12.4. The molecule has 1 N–H and O–H groups in total. The van der Waals surface area contributed by atoms with Gasteiger partial charge in [-0.3, -0.25) is 4.79 Å². The highest BCUT2D eigenvalue weighted by Gasteiger charge is 2.18. The average Bonchev–Trinajstić information content (AvgIpc) is 2.08. The Bertz CT molecular complexity index is 377. The summed E-state index contributed by atoms with van der Waals surface area (Å²) in [6.07, 6.45) is -2.81. The topological polar surface area (TPSA) is 37.3 Å². The molecule has 76 valence electrons. The summed E-state index contributed by atoms with van der Waals surface area (Å²) in [6.45, 7) is 1.16. The molecule has 0 bridgehead atoms. The molecule has 14 heavy (non-hydrogen) atoms. The lowest BCUT2D eigenvalue weighted by atomic mass is 10.0. The van der Waals surface area contributed by atoms with Gasteiger partial charge in [-0.05, 0) is 19.1 Å². The maximum atomic E-state index is 12.4. The van der Waals surface area contributed by atoms with E-state index in [1.165, 1.54) is 0 Å². The number of rotatable bonds is 2. The van der Waals surface area contributed by atoms with E-state index in [1.54, 1.807) is 0 Å². The monoisotopic (exact) mass is 220 g/mol. The minimum Gasteiger partial charge on any atom is -0.506 e. The number of hydrogen-bond donors (Lipinski definition) is 1. The van der Waals surface area contributed by atoms with E-state index in [0.717, 1.165) is 19.1 Å². The van der Waals surface area contributed by atoms with Crippen LogP contribution in [-0.2, 0) is 0 Å². The minimum absolute atomic E-state index is 0.111. The average molecular weight is 221 g/mol. The van der Waals surface area contributed by atoms with Crippen molar-refractivity contribution in [1.29, 1.82) is 0 Å². The van der Waals surface area contributed by atoms with Crippen LogP contribution < -0.4 is 0 Å². The van der Waals surface area contributed by atoms with Gasteiger partial charge in [-0.15, -0.1) is 0 Å². The van der Waals surface area contributed by atoms with Crippen LogP contribution >= 0.6 is 11.6 Å². The van der Waals surface area contributed by atoms with Gasteiger partial charge in [0.05, 0.1) is 5.02 Å². The summed E-state index contributed by atoms with van der Waals surface area (Å²) < 4.78 is 24.8. The Morgan fingerprint density at radius 1 is 1.50 bits per heavy atom. The summed E-state index contributed by atoms with van der Waals surface area (Å²) in [5, 5.41) is 8.97. The molecule has 5 heteroatoms. The van der Waals surface area contributed by atoms with Crippen LogP contribution in [0.2, 0.25) is 5.02 Å². The van der Waals surface area contributed by atoms with E-state index in [1.807, 2.05) is 0 Å². The van der Waals surface area contributed by atoms with Crippen molar-refractivity contribution in [3.05, 3.63) is 28.3 Å². The van der Waals surface area contributed by atoms with Gasteiger partial charge in [0.2, 0.25) is 0 Å². The number of ketones is 1. The first-order valence-corrected chi connectivity index (χ1v) is 4.12. The van der Waals surface area contributed by atoms with Gasteiger partial charge in [-0.25, -0.2) is 8.78 Å². The lowest BCUT2D eigenvalue weighted by Gasteiger charge is -2.07. The molecule has 0 saturated heterocycles. The predicted octanol–water partition coefficient (Wildman–Crippen LogP) is 3.19. The van der Waals surface area contributed by atoms with E-state index >= 15 is 0 Å². The second-order valence-electron chi connectivity index (χ2n) is 2.75. The number of aromatic hydroxyl groups is 1. The third kappa shape index (κ3) is 2.01. The summed E-state index contributed by atoms with van der Waals surface area (Å²) in [4.78, 5) is 11.0. The van der Waals surface area contributed by atoms with Gasteiger partial charge in [0.1, 0.15) is 5.75 Å². The molecule has 1 aromatic carbocycles. The fourth-order valence-electron chi connectivity index (χ4n) is 1.06. The third-order valence-corrected chi connectivity index (χ3v) is 2.04. The Morgan fingerprint density at radius 2 is 2.07 bits per heavy atom. The van der Waals surface area contributed by atoms with Crippen LogP contribution in [0.5, 0.6) is 5.75 Å². The van der Waals surface area contributed by atoms with E-state index in [0.29, 0.717) is 0 Å². The molecule has 0 radical (unpaired) electrons. The lowest BCUT2D eigenvalue weighted by Crippen LogP contribution is -2.00. The third-order valence-electron chi connectivity index (χ3n) is 1.73. The second-order valence-corrected chi connectivity index (χ2v) is 3.15.